The summed E-state index contributed by atoms with van der Waals surface area (Å²) in [5.41, 5.74) is 2.43. The minimum absolute atomic E-state index is 0.166. The average Bonchev–Trinajstić information content (AvgIpc) is 2.69. The van der Waals surface area contributed by atoms with Crippen molar-refractivity contribution >= 4 is 23.4 Å². The molecule has 1 atom stereocenters. The minimum Gasteiger partial charge on any atom is -0.484 e. The predicted octanol–water partition coefficient (Wildman–Crippen LogP) is 4.03. The molecule has 0 radical (unpaired) electrons. The third-order valence-electron chi connectivity index (χ3n) is 4.56. The molecule has 156 valence electrons. The Morgan fingerprint density at radius 1 is 1.17 bits per heavy atom. The number of aryl methyl sites for hydroxylation is 2. The van der Waals surface area contributed by atoms with Gasteiger partial charge >= 0.3 is 0 Å². The third kappa shape index (κ3) is 6.19. The molecule has 2 rings (SSSR count). The fourth-order valence-corrected chi connectivity index (χ4v) is 3.02. The molecule has 0 aliphatic heterocycles. The maximum absolute atomic E-state index is 13.2. The summed E-state index contributed by atoms with van der Waals surface area (Å²) < 4.78 is 18.9. The lowest BCUT2D eigenvalue weighted by molar-refractivity contribution is -0.142. The fraction of sp³-hybridized carbons (Fsp3) is 0.364. The summed E-state index contributed by atoms with van der Waals surface area (Å²) in [5, 5.41) is 3.38. The molecular weight excluding hydrogens is 395 g/mol. The summed E-state index contributed by atoms with van der Waals surface area (Å²) in [7, 11) is 0. The Bertz CT molecular complexity index is 848. The Morgan fingerprint density at radius 3 is 2.31 bits per heavy atom. The standard InChI is InChI=1S/C22H26ClFN2O3/c1-5-25-22(28)16(4)26(12-17-6-8-18(24)9-7-17)20(27)13-29-19-10-14(2)21(23)15(3)11-19/h6-11,16H,5,12-13H2,1-4H3,(H,25,28). The highest BCUT2D eigenvalue weighted by atomic mass is 35.5. The van der Waals surface area contributed by atoms with Crippen molar-refractivity contribution in [2.75, 3.05) is 13.2 Å². The van der Waals surface area contributed by atoms with Crippen molar-refractivity contribution < 1.29 is 18.7 Å². The van der Waals surface area contributed by atoms with E-state index in [0.29, 0.717) is 22.9 Å². The first-order valence-electron chi connectivity index (χ1n) is 9.44. The molecule has 0 heterocycles. The summed E-state index contributed by atoms with van der Waals surface area (Å²) in [4.78, 5) is 26.6. The van der Waals surface area contributed by atoms with Crippen LogP contribution in [0.3, 0.4) is 0 Å². The van der Waals surface area contributed by atoms with Crippen molar-refractivity contribution in [1.29, 1.82) is 0 Å². The van der Waals surface area contributed by atoms with Gasteiger partial charge in [0.1, 0.15) is 17.6 Å². The van der Waals surface area contributed by atoms with E-state index in [1.165, 1.54) is 17.0 Å². The van der Waals surface area contributed by atoms with Gasteiger partial charge in [-0.1, -0.05) is 23.7 Å². The van der Waals surface area contributed by atoms with E-state index in [-0.39, 0.29) is 30.8 Å². The summed E-state index contributed by atoms with van der Waals surface area (Å²) in [6.45, 7) is 7.59. The van der Waals surface area contributed by atoms with Crippen LogP contribution < -0.4 is 10.1 Å². The van der Waals surface area contributed by atoms with Crippen molar-refractivity contribution in [3.05, 3.63) is 63.9 Å². The normalized spacial score (nSPS) is 11.7. The first-order chi connectivity index (χ1) is 13.7. The van der Waals surface area contributed by atoms with E-state index in [0.717, 1.165) is 11.1 Å². The number of hydrogen-bond acceptors (Lipinski definition) is 3. The van der Waals surface area contributed by atoms with Crippen LogP contribution in [-0.4, -0.2) is 35.9 Å². The molecule has 5 nitrogen and oxygen atoms in total. The molecule has 7 heteroatoms. The Morgan fingerprint density at radius 2 is 1.76 bits per heavy atom. The Labute approximate surface area is 175 Å². The van der Waals surface area contributed by atoms with Gasteiger partial charge in [0.15, 0.2) is 6.61 Å². The smallest absolute Gasteiger partial charge is 0.261 e. The third-order valence-corrected chi connectivity index (χ3v) is 5.15. The molecule has 0 saturated carbocycles. The molecule has 2 amide bonds. The molecule has 2 aromatic carbocycles. The van der Waals surface area contributed by atoms with Crippen LogP contribution >= 0.6 is 11.6 Å². The van der Waals surface area contributed by atoms with Crippen LogP contribution in [0.5, 0.6) is 5.75 Å². The second-order valence-corrected chi connectivity index (χ2v) is 7.26. The van der Waals surface area contributed by atoms with Crippen LogP contribution in [0.1, 0.15) is 30.5 Å². The minimum atomic E-state index is -0.704. The lowest BCUT2D eigenvalue weighted by atomic mass is 10.1. The maximum atomic E-state index is 13.2. The van der Waals surface area contributed by atoms with Crippen LogP contribution in [0.2, 0.25) is 5.02 Å². The summed E-state index contributed by atoms with van der Waals surface area (Å²) in [5.74, 6) is -0.440. The zero-order valence-electron chi connectivity index (χ0n) is 17.1. The zero-order chi connectivity index (χ0) is 21.6. The Hall–Kier alpha value is -2.60. The summed E-state index contributed by atoms with van der Waals surface area (Å²) in [6.07, 6.45) is 0. The van der Waals surface area contributed by atoms with Gasteiger partial charge in [-0.25, -0.2) is 4.39 Å². The number of benzene rings is 2. The average molecular weight is 421 g/mol. The van der Waals surface area contributed by atoms with Gasteiger partial charge < -0.3 is 15.0 Å². The number of carbonyl (C=O) groups excluding carboxylic acids is 2. The number of amides is 2. The Kier molecular flexibility index (Phi) is 8.02. The topological polar surface area (TPSA) is 58.6 Å². The van der Waals surface area contributed by atoms with Gasteiger partial charge in [-0.2, -0.15) is 0 Å². The second kappa shape index (κ2) is 10.3. The predicted molar refractivity (Wildman–Crippen MR) is 112 cm³/mol. The number of nitrogens with one attached hydrogen (secondary N) is 1. The monoisotopic (exact) mass is 420 g/mol. The lowest BCUT2D eigenvalue weighted by Gasteiger charge is -2.28. The molecule has 1 unspecified atom stereocenters. The van der Waals surface area contributed by atoms with E-state index in [1.54, 1.807) is 31.2 Å². The number of rotatable bonds is 8. The van der Waals surface area contributed by atoms with Gasteiger partial charge in [-0.3, -0.25) is 9.59 Å². The van der Waals surface area contributed by atoms with Gasteiger partial charge in [-0.15, -0.1) is 0 Å². The highest BCUT2D eigenvalue weighted by Gasteiger charge is 2.26. The fourth-order valence-electron chi connectivity index (χ4n) is 2.91. The largest absolute Gasteiger partial charge is 0.484 e. The summed E-state index contributed by atoms with van der Waals surface area (Å²) in [6, 6.07) is 8.65. The van der Waals surface area contributed by atoms with E-state index in [2.05, 4.69) is 5.32 Å². The molecule has 29 heavy (non-hydrogen) atoms. The molecule has 2 aromatic rings. The van der Waals surface area contributed by atoms with Crippen molar-refractivity contribution in [2.24, 2.45) is 0 Å². The lowest BCUT2D eigenvalue weighted by Crippen LogP contribution is -2.49. The molecule has 0 saturated heterocycles. The highest BCUT2D eigenvalue weighted by molar-refractivity contribution is 6.32. The van der Waals surface area contributed by atoms with Crippen molar-refractivity contribution in [1.82, 2.24) is 10.2 Å². The molecule has 0 aliphatic rings. The number of halogens is 2. The molecule has 1 N–H and O–H groups in total. The molecule has 0 spiro atoms. The SMILES string of the molecule is CCNC(=O)C(C)N(Cc1ccc(F)cc1)C(=O)COc1cc(C)c(Cl)c(C)c1. The highest BCUT2D eigenvalue weighted by Crippen LogP contribution is 2.26. The first kappa shape index (κ1) is 22.7. The summed E-state index contributed by atoms with van der Waals surface area (Å²) >= 11 is 6.17. The number of nitrogens with zero attached hydrogens (tertiary/aromatic N) is 1. The zero-order valence-corrected chi connectivity index (χ0v) is 17.8. The molecule has 0 aromatic heterocycles. The molecular formula is C22H26ClFN2O3. The van der Waals surface area contributed by atoms with Crippen molar-refractivity contribution in [3.63, 3.8) is 0 Å². The number of likely N-dealkylation sites (N-methyl/N-ethyl adjacent to an activating group) is 1. The first-order valence-corrected chi connectivity index (χ1v) is 9.81. The van der Waals surface area contributed by atoms with Crippen LogP contribution in [0.4, 0.5) is 4.39 Å². The van der Waals surface area contributed by atoms with E-state index in [1.807, 2.05) is 20.8 Å². The molecule has 0 fully saturated rings. The van der Waals surface area contributed by atoms with Gasteiger partial charge in [0, 0.05) is 18.1 Å². The van der Waals surface area contributed by atoms with E-state index in [4.69, 9.17) is 16.3 Å². The number of ether oxygens (including phenoxy) is 1. The van der Waals surface area contributed by atoms with Crippen LogP contribution in [0.25, 0.3) is 0 Å². The number of hydrogen-bond donors (Lipinski definition) is 1. The van der Waals surface area contributed by atoms with Crippen molar-refractivity contribution in [3.8, 4) is 5.75 Å². The van der Waals surface area contributed by atoms with E-state index >= 15 is 0 Å². The maximum Gasteiger partial charge on any atom is 0.261 e. The number of carbonyl (C=O) groups is 2. The van der Waals surface area contributed by atoms with Crippen LogP contribution in [-0.2, 0) is 16.1 Å². The molecule has 0 aliphatic carbocycles. The second-order valence-electron chi connectivity index (χ2n) is 6.88. The van der Waals surface area contributed by atoms with Gasteiger partial charge in [-0.05, 0) is 68.7 Å². The van der Waals surface area contributed by atoms with Crippen LogP contribution in [0.15, 0.2) is 36.4 Å². The quantitative estimate of drug-likeness (QED) is 0.701. The van der Waals surface area contributed by atoms with Gasteiger partial charge in [0.05, 0.1) is 0 Å². The van der Waals surface area contributed by atoms with Crippen LogP contribution in [0, 0.1) is 19.7 Å². The van der Waals surface area contributed by atoms with Crippen molar-refractivity contribution in [2.45, 2.75) is 40.3 Å². The van der Waals surface area contributed by atoms with E-state index in [9.17, 15) is 14.0 Å². The van der Waals surface area contributed by atoms with Gasteiger partial charge in [0.25, 0.3) is 5.91 Å². The molecule has 0 bridgehead atoms. The van der Waals surface area contributed by atoms with Gasteiger partial charge in [0.2, 0.25) is 5.91 Å². The Balaban J connectivity index is 2.16. The van der Waals surface area contributed by atoms with E-state index < -0.39 is 6.04 Å².